The number of methoxy groups -OCH3 is 1. The van der Waals surface area contributed by atoms with Gasteiger partial charge in [-0.2, -0.15) is 0 Å². The van der Waals surface area contributed by atoms with Gasteiger partial charge in [-0.25, -0.2) is 0 Å². The van der Waals surface area contributed by atoms with Crippen LogP contribution in [0.5, 0.6) is 0 Å². The zero-order valence-electron chi connectivity index (χ0n) is 10.8. The molecule has 0 aromatic heterocycles. The Balaban J connectivity index is 3.83. The van der Waals surface area contributed by atoms with Crippen LogP contribution in [-0.2, 0) is 19.1 Å². The van der Waals surface area contributed by atoms with Gasteiger partial charge >= 0.3 is 11.9 Å². The van der Waals surface area contributed by atoms with Crippen molar-refractivity contribution in [3.05, 3.63) is 0 Å². The topological polar surface area (TPSA) is 52.6 Å². The van der Waals surface area contributed by atoms with E-state index in [4.69, 9.17) is 4.74 Å². The first-order valence-electron chi connectivity index (χ1n) is 5.53. The predicted octanol–water partition coefficient (Wildman–Crippen LogP) is 2.31. The zero-order valence-corrected chi connectivity index (χ0v) is 10.8. The molecule has 0 N–H and O–H groups in total. The van der Waals surface area contributed by atoms with Gasteiger partial charge in [-0.1, -0.05) is 6.92 Å². The van der Waals surface area contributed by atoms with Gasteiger partial charge in [0.1, 0.15) is 5.60 Å². The molecule has 0 saturated carbocycles. The van der Waals surface area contributed by atoms with Crippen LogP contribution in [0.25, 0.3) is 0 Å². The van der Waals surface area contributed by atoms with E-state index in [2.05, 4.69) is 4.74 Å². The SMILES string of the molecule is COC(=O)CCC(C)CC(=O)OC(C)(C)C. The molecule has 94 valence electrons. The summed E-state index contributed by atoms with van der Waals surface area (Å²) in [6.45, 7) is 7.44. The second kappa shape index (κ2) is 6.51. The number of rotatable bonds is 5. The minimum atomic E-state index is -0.445. The molecule has 0 amide bonds. The number of ether oxygens (including phenoxy) is 2. The van der Waals surface area contributed by atoms with Crippen molar-refractivity contribution in [1.82, 2.24) is 0 Å². The molecule has 0 fully saturated rings. The number of hydrogen-bond acceptors (Lipinski definition) is 4. The highest BCUT2D eigenvalue weighted by Gasteiger charge is 2.18. The van der Waals surface area contributed by atoms with Gasteiger partial charge in [-0.15, -0.1) is 0 Å². The summed E-state index contributed by atoms with van der Waals surface area (Å²) >= 11 is 0. The minimum absolute atomic E-state index is 0.133. The standard InChI is InChI=1S/C12H22O4/c1-9(6-7-10(13)15-5)8-11(14)16-12(2,3)4/h9H,6-8H2,1-5H3. The average Bonchev–Trinajstić information content (AvgIpc) is 2.10. The summed E-state index contributed by atoms with van der Waals surface area (Å²) in [5.41, 5.74) is -0.445. The summed E-state index contributed by atoms with van der Waals surface area (Å²) in [6, 6.07) is 0. The largest absolute Gasteiger partial charge is 0.469 e. The lowest BCUT2D eigenvalue weighted by molar-refractivity contribution is -0.156. The van der Waals surface area contributed by atoms with Crippen molar-refractivity contribution >= 4 is 11.9 Å². The summed E-state index contributed by atoms with van der Waals surface area (Å²) in [5.74, 6) is -0.324. The maximum Gasteiger partial charge on any atom is 0.306 e. The Kier molecular flexibility index (Phi) is 6.08. The first-order chi connectivity index (χ1) is 7.24. The lowest BCUT2D eigenvalue weighted by Crippen LogP contribution is -2.25. The van der Waals surface area contributed by atoms with Crippen LogP contribution in [-0.4, -0.2) is 24.6 Å². The third-order valence-electron chi connectivity index (χ3n) is 2.00. The van der Waals surface area contributed by atoms with E-state index >= 15 is 0 Å². The number of carbonyl (C=O) groups excluding carboxylic acids is 2. The highest BCUT2D eigenvalue weighted by molar-refractivity contribution is 5.71. The number of hydrogen-bond donors (Lipinski definition) is 0. The van der Waals surface area contributed by atoms with Crippen molar-refractivity contribution in [2.75, 3.05) is 7.11 Å². The minimum Gasteiger partial charge on any atom is -0.469 e. The quantitative estimate of drug-likeness (QED) is 0.680. The molecule has 0 aromatic carbocycles. The van der Waals surface area contributed by atoms with Crippen LogP contribution in [0.4, 0.5) is 0 Å². The van der Waals surface area contributed by atoms with Gasteiger partial charge in [0, 0.05) is 12.8 Å². The number of esters is 2. The van der Waals surface area contributed by atoms with Crippen LogP contribution < -0.4 is 0 Å². The maximum absolute atomic E-state index is 11.4. The van der Waals surface area contributed by atoms with E-state index in [1.807, 2.05) is 27.7 Å². The Labute approximate surface area is 97.3 Å². The molecule has 0 aliphatic carbocycles. The molecule has 0 aliphatic rings. The molecule has 0 aromatic rings. The molecule has 0 rings (SSSR count). The summed E-state index contributed by atoms with van der Waals surface area (Å²) in [7, 11) is 1.36. The molecule has 16 heavy (non-hydrogen) atoms. The zero-order chi connectivity index (χ0) is 12.8. The Morgan fingerprint density at radius 1 is 1.19 bits per heavy atom. The normalized spacial score (nSPS) is 13.1. The molecule has 0 spiro atoms. The summed E-state index contributed by atoms with van der Waals surface area (Å²) < 4.78 is 9.72. The molecule has 1 atom stereocenters. The van der Waals surface area contributed by atoms with Crippen molar-refractivity contribution in [2.24, 2.45) is 5.92 Å². The van der Waals surface area contributed by atoms with Crippen molar-refractivity contribution in [3.63, 3.8) is 0 Å². The van der Waals surface area contributed by atoms with E-state index < -0.39 is 5.60 Å². The van der Waals surface area contributed by atoms with Crippen molar-refractivity contribution in [1.29, 1.82) is 0 Å². The molecule has 4 nitrogen and oxygen atoms in total. The van der Waals surface area contributed by atoms with Gasteiger partial charge < -0.3 is 9.47 Å². The van der Waals surface area contributed by atoms with Crippen LogP contribution >= 0.6 is 0 Å². The lowest BCUT2D eigenvalue weighted by Gasteiger charge is -2.20. The third-order valence-corrected chi connectivity index (χ3v) is 2.00. The highest BCUT2D eigenvalue weighted by Crippen LogP contribution is 2.15. The van der Waals surface area contributed by atoms with E-state index in [9.17, 15) is 9.59 Å². The van der Waals surface area contributed by atoms with E-state index in [0.717, 1.165) is 0 Å². The fraction of sp³-hybridized carbons (Fsp3) is 0.833. The van der Waals surface area contributed by atoms with Crippen LogP contribution in [0.3, 0.4) is 0 Å². The molecule has 0 bridgehead atoms. The summed E-state index contributed by atoms with van der Waals surface area (Å²) in [5, 5.41) is 0. The first-order valence-corrected chi connectivity index (χ1v) is 5.53. The van der Waals surface area contributed by atoms with E-state index in [1.165, 1.54) is 7.11 Å². The molecule has 0 aliphatic heterocycles. The summed E-state index contributed by atoms with van der Waals surface area (Å²) in [4.78, 5) is 22.3. The third kappa shape index (κ3) is 8.26. The van der Waals surface area contributed by atoms with Crippen molar-refractivity contribution in [2.45, 2.75) is 52.6 Å². The first kappa shape index (κ1) is 14.9. The average molecular weight is 230 g/mol. The van der Waals surface area contributed by atoms with Gasteiger partial charge in [0.15, 0.2) is 0 Å². The van der Waals surface area contributed by atoms with Gasteiger partial charge in [0.2, 0.25) is 0 Å². The molecule has 0 saturated heterocycles. The number of carbonyl (C=O) groups is 2. The van der Waals surface area contributed by atoms with Crippen molar-refractivity contribution in [3.8, 4) is 0 Å². The van der Waals surface area contributed by atoms with Crippen LogP contribution in [0, 0.1) is 5.92 Å². The Hall–Kier alpha value is -1.06. The molecule has 4 heteroatoms. The van der Waals surface area contributed by atoms with E-state index in [-0.39, 0.29) is 17.9 Å². The fourth-order valence-electron chi connectivity index (χ4n) is 1.24. The van der Waals surface area contributed by atoms with Gasteiger partial charge in [0.25, 0.3) is 0 Å². The monoisotopic (exact) mass is 230 g/mol. The predicted molar refractivity (Wildman–Crippen MR) is 60.9 cm³/mol. The second-order valence-corrected chi connectivity index (χ2v) is 5.01. The lowest BCUT2D eigenvalue weighted by atomic mass is 10.0. The van der Waals surface area contributed by atoms with Gasteiger partial charge in [0.05, 0.1) is 7.11 Å². The smallest absolute Gasteiger partial charge is 0.306 e. The Morgan fingerprint density at radius 2 is 1.75 bits per heavy atom. The maximum atomic E-state index is 11.4. The Bertz CT molecular complexity index is 240. The highest BCUT2D eigenvalue weighted by atomic mass is 16.6. The van der Waals surface area contributed by atoms with Crippen LogP contribution in [0.2, 0.25) is 0 Å². The molecular weight excluding hydrogens is 208 g/mol. The molecular formula is C12H22O4. The van der Waals surface area contributed by atoms with Crippen LogP contribution in [0.15, 0.2) is 0 Å². The molecule has 1 unspecified atom stereocenters. The fourth-order valence-corrected chi connectivity index (χ4v) is 1.24. The van der Waals surface area contributed by atoms with Gasteiger partial charge in [-0.3, -0.25) is 9.59 Å². The van der Waals surface area contributed by atoms with E-state index in [1.54, 1.807) is 0 Å². The molecule has 0 heterocycles. The van der Waals surface area contributed by atoms with Crippen molar-refractivity contribution < 1.29 is 19.1 Å². The second-order valence-electron chi connectivity index (χ2n) is 5.01. The van der Waals surface area contributed by atoms with Gasteiger partial charge in [-0.05, 0) is 33.1 Å². The Morgan fingerprint density at radius 3 is 2.19 bits per heavy atom. The summed E-state index contributed by atoms with van der Waals surface area (Å²) in [6.07, 6.45) is 1.33. The van der Waals surface area contributed by atoms with Crippen LogP contribution in [0.1, 0.15) is 47.0 Å². The molecule has 0 radical (unpaired) electrons. The van der Waals surface area contributed by atoms with E-state index in [0.29, 0.717) is 19.3 Å².